The molecule has 2 saturated heterocycles. The Hall–Kier alpha value is -3.66. The zero-order chi connectivity index (χ0) is 25.7. The monoisotopic (exact) mass is 494 g/mol. The van der Waals surface area contributed by atoms with Crippen LogP contribution in [0.1, 0.15) is 52.1 Å². The first-order chi connectivity index (χ1) is 17.9. The van der Waals surface area contributed by atoms with E-state index in [1.54, 1.807) is 4.90 Å². The number of morpholine rings is 1. The molecule has 3 aromatic carbocycles. The number of hydrogen-bond donors (Lipinski definition) is 1. The van der Waals surface area contributed by atoms with Gasteiger partial charge in [0, 0.05) is 18.8 Å². The standard InChI is InChI=1S/C31H30N2O4/c1-19-11-21(15-32)12-20(2)29(19)31(35)13-22-16-36-17-23(14-31)33(22)30(34)37-18-28-26-9-5-3-7-24(26)25-8-4-6-10-27(25)28/h3-12,22-23,28,35H,13-14,16-18H2,1-2H3. The Bertz CT molecular complexity index is 1340. The molecule has 3 aromatic rings. The summed E-state index contributed by atoms with van der Waals surface area (Å²) >= 11 is 0. The summed E-state index contributed by atoms with van der Waals surface area (Å²) in [5.74, 6) is -0.00175. The van der Waals surface area contributed by atoms with Crippen molar-refractivity contribution in [1.82, 2.24) is 4.90 Å². The second-order valence-corrected chi connectivity index (χ2v) is 10.6. The highest BCUT2D eigenvalue weighted by Gasteiger charge is 2.50. The fraction of sp³-hybridized carbons (Fsp3) is 0.355. The van der Waals surface area contributed by atoms with Crippen LogP contribution >= 0.6 is 0 Å². The first-order valence-corrected chi connectivity index (χ1v) is 12.8. The molecule has 2 bridgehead atoms. The minimum Gasteiger partial charge on any atom is -0.448 e. The van der Waals surface area contributed by atoms with E-state index in [4.69, 9.17) is 9.47 Å². The number of rotatable bonds is 3. The number of amides is 1. The summed E-state index contributed by atoms with van der Waals surface area (Å²) in [6.45, 7) is 4.85. The number of nitriles is 1. The summed E-state index contributed by atoms with van der Waals surface area (Å²) in [4.78, 5) is 15.3. The van der Waals surface area contributed by atoms with Gasteiger partial charge in [-0.15, -0.1) is 0 Å². The van der Waals surface area contributed by atoms with Crippen LogP contribution < -0.4 is 0 Å². The molecule has 1 N–H and O–H groups in total. The molecule has 6 rings (SSSR count). The number of aliphatic hydroxyl groups is 1. The molecule has 0 aromatic heterocycles. The van der Waals surface area contributed by atoms with Crippen LogP contribution in [0.2, 0.25) is 0 Å². The van der Waals surface area contributed by atoms with Crippen molar-refractivity contribution < 1.29 is 19.4 Å². The smallest absolute Gasteiger partial charge is 0.410 e. The van der Waals surface area contributed by atoms with Crippen LogP contribution in [0.5, 0.6) is 0 Å². The summed E-state index contributed by atoms with van der Waals surface area (Å²) in [5.41, 5.74) is 6.89. The van der Waals surface area contributed by atoms with Crippen LogP contribution in [0, 0.1) is 25.2 Å². The molecule has 2 heterocycles. The minimum atomic E-state index is -1.10. The maximum atomic E-state index is 13.5. The van der Waals surface area contributed by atoms with Crippen molar-refractivity contribution in [3.63, 3.8) is 0 Å². The van der Waals surface area contributed by atoms with Gasteiger partial charge >= 0.3 is 6.09 Å². The molecule has 2 unspecified atom stereocenters. The average Bonchev–Trinajstić information content (AvgIpc) is 3.20. The number of aryl methyl sites for hydroxylation is 2. The minimum absolute atomic E-state index is 0.00175. The van der Waals surface area contributed by atoms with Gasteiger partial charge in [0.25, 0.3) is 0 Å². The van der Waals surface area contributed by atoms with Crippen LogP contribution in [-0.2, 0) is 15.1 Å². The van der Waals surface area contributed by atoms with Gasteiger partial charge in [-0.2, -0.15) is 5.26 Å². The lowest BCUT2D eigenvalue weighted by Gasteiger charge is -2.51. The highest BCUT2D eigenvalue weighted by atomic mass is 16.6. The number of benzene rings is 3. The van der Waals surface area contributed by atoms with E-state index in [0.29, 0.717) is 31.6 Å². The molecule has 6 heteroatoms. The van der Waals surface area contributed by atoms with Crippen molar-refractivity contribution in [2.45, 2.75) is 50.3 Å². The second kappa shape index (κ2) is 9.02. The molecule has 3 aliphatic rings. The molecule has 2 aliphatic heterocycles. The summed E-state index contributed by atoms with van der Waals surface area (Å²) in [6.07, 6.45) is 0.373. The van der Waals surface area contributed by atoms with Crippen LogP contribution in [-0.4, -0.2) is 48.0 Å². The number of ether oxygens (including phenoxy) is 2. The highest BCUT2D eigenvalue weighted by molar-refractivity contribution is 5.79. The zero-order valence-electron chi connectivity index (χ0n) is 21.1. The Morgan fingerprint density at radius 2 is 1.57 bits per heavy atom. The van der Waals surface area contributed by atoms with E-state index in [9.17, 15) is 15.2 Å². The van der Waals surface area contributed by atoms with Crippen LogP contribution in [0.15, 0.2) is 60.7 Å². The molecule has 0 radical (unpaired) electrons. The lowest BCUT2D eigenvalue weighted by atomic mass is 9.74. The third-order valence-electron chi connectivity index (χ3n) is 8.23. The fourth-order valence-corrected chi connectivity index (χ4v) is 6.91. The van der Waals surface area contributed by atoms with E-state index in [1.165, 1.54) is 22.3 Å². The third kappa shape index (κ3) is 3.90. The number of hydrogen-bond acceptors (Lipinski definition) is 5. The summed E-state index contributed by atoms with van der Waals surface area (Å²) in [6, 6.07) is 21.9. The van der Waals surface area contributed by atoms with Crippen LogP contribution in [0.4, 0.5) is 4.79 Å². The van der Waals surface area contributed by atoms with Crippen molar-refractivity contribution in [1.29, 1.82) is 5.26 Å². The van der Waals surface area contributed by atoms with Gasteiger partial charge in [-0.3, -0.25) is 4.90 Å². The van der Waals surface area contributed by atoms with Crippen LogP contribution in [0.25, 0.3) is 11.1 Å². The number of carbonyl (C=O) groups is 1. The lowest BCUT2D eigenvalue weighted by molar-refractivity contribution is -0.136. The molecule has 2 fully saturated rings. The average molecular weight is 495 g/mol. The van der Waals surface area contributed by atoms with E-state index in [1.807, 2.05) is 50.2 Å². The van der Waals surface area contributed by atoms with Crippen LogP contribution in [0.3, 0.4) is 0 Å². The predicted molar refractivity (Wildman–Crippen MR) is 139 cm³/mol. The molecular weight excluding hydrogens is 464 g/mol. The topological polar surface area (TPSA) is 82.8 Å². The van der Waals surface area contributed by atoms with Gasteiger partial charge in [0.15, 0.2) is 0 Å². The number of piperidine rings is 1. The molecule has 1 amide bonds. The Labute approximate surface area is 217 Å². The van der Waals surface area contributed by atoms with Crippen molar-refractivity contribution >= 4 is 6.09 Å². The van der Waals surface area contributed by atoms with Gasteiger partial charge in [-0.25, -0.2) is 4.79 Å². The SMILES string of the molecule is Cc1cc(C#N)cc(C)c1C1(O)CC2COCC(C1)N2C(=O)OCC1c2ccccc2-c2ccccc21. The molecule has 6 nitrogen and oxygen atoms in total. The maximum absolute atomic E-state index is 13.5. The number of carbonyl (C=O) groups excluding carboxylic acids is 1. The van der Waals surface area contributed by atoms with Gasteiger partial charge in [0.05, 0.1) is 42.5 Å². The van der Waals surface area contributed by atoms with Crippen molar-refractivity contribution in [3.05, 3.63) is 94.0 Å². The lowest BCUT2D eigenvalue weighted by Crippen LogP contribution is -2.62. The van der Waals surface area contributed by atoms with Gasteiger partial charge in [-0.1, -0.05) is 48.5 Å². The van der Waals surface area contributed by atoms with E-state index in [0.717, 1.165) is 16.7 Å². The maximum Gasteiger partial charge on any atom is 0.410 e. The molecular formula is C31H30N2O4. The quantitative estimate of drug-likeness (QED) is 0.543. The first-order valence-electron chi connectivity index (χ1n) is 12.8. The summed E-state index contributed by atoms with van der Waals surface area (Å²) in [5, 5.41) is 21.2. The van der Waals surface area contributed by atoms with E-state index in [2.05, 4.69) is 30.3 Å². The fourth-order valence-electron chi connectivity index (χ4n) is 6.91. The Kier molecular flexibility index (Phi) is 5.78. The molecule has 1 aliphatic carbocycles. The molecule has 188 valence electrons. The van der Waals surface area contributed by atoms with Gasteiger partial charge in [0.1, 0.15) is 6.61 Å². The molecule has 37 heavy (non-hydrogen) atoms. The number of fused-ring (bicyclic) bond motifs is 5. The van der Waals surface area contributed by atoms with E-state index < -0.39 is 5.60 Å². The largest absolute Gasteiger partial charge is 0.448 e. The third-order valence-corrected chi connectivity index (χ3v) is 8.23. The normalized spacial score (nSPS) is 24.2. The molecule has 2 atom stereocenters. The molecule has 0 saturated carbocycles. The first kappa shape index (κ1) is 23.7. The van der Waals surface area contributed by atoms with Gasteiger partial charge in [0.2, 0.25) is 0 Å². The Morgan fingerprint density at radius 1 is 1.03 bits per heavy atom. The van der Waals surface area contributed by atoms with E-state index in [-0.39, 0.29) is 30.7 Å². The summed E-state index contributed by atoms with van der Waals surface area (Å²) in [7, 11) is 0. The predicted octanol–water partition coefficient (Wildman–Crippen LogP) is 5.18. The summed E-state index contributed by atoms with van der Waals surface area (Å²) < 4.78 is 11.8. The second-order valence-electron chi connectivity index (χ2n) is 10.6. The van der Waals surface area contributed by atoms with Gasteiger partial charge in [-0.05, 0) is 64.9 Å². The number of nitrogens with zero attached hydrogens (tertiary/aromatic N) is 2. The van der Waals surface area contributed by atoms with E-state index >= 15 is 0 Å². The highest BCUT2D eigenvalue weighted by Crippen LogP contribution is 2.46. The molecule has 0 spiro atoms. The van der Waals surface area contributed by atoms with Crippen molar-refractivity contribution in [3.8, 4) is 17.2 Å². The van der Waals surface area contributed by atoms with Crippen molar-refractivity contribution in [2.24, 2.45) is 0 Å². The Morgan fingerprint density at radius 3 is 2.11 bits per heavy atom. The van der Waals surface area contributed by atoms with Gasteiger partial charge < -0.3 is 14.6 Å². The zero-order valence-corrected chi connectivity index (χ0v) is 21.1. The Balaban J connectivity index is 1.22. The van der Waals surface area contributed by atoms with Crippen molar-refractivity contribution in [2.75, 3.05) is 19.8 Å².